The third-order valence-electron chi connectivity index (χ3n) is 4.77. The van der Waals surface area contributed by atoms with Crippen LogP contribution in [0.15, 0.2) is 83.8 Å². The number of hydrogen-bond donors (Lipinski definition) is 1. The summed E-state index contributed by atoms with van der Waals surface area (Å²) in [7, 11) is 0. The third-order valence-corrected chi connectivity index (χ3v) is 5.51. The van der Waals surface area contributed by atoms with Gasteiger partial charge in [-0.25, -0.2) is 4.98 Å². The van der Waals surface area contributed by atoms with E-state index in [1.807, 2.05) is 36.4 Å². The van der Waals surface area contributed by atoms with Crippen LogP contribution in [0.1, 0.15) is 17.2 Å². The molecular weight excluding hydrogens is 421 g/mol. The minimum absolute atomic E-state index is 0.307. The molecule has 0 fully saturated rings. The number of amides is 1. The minimum atomic E-state index is -0.941. The first-order valence-corrected chi connectivity index (χ1v) is 10.0. The van der Waals surface area contributed by atoms with Crippen molar-refractivity contribution in [3.05, 3.63) is 111 Å². The van der Waals surface area contributed by atoms with Gasteiger partial charge in [0.05, 0.1) is 27.3 Å². The van der Waals surface area contributed by atoms with Crippen LogP contribution < -0.4 is 10.9 Å². The van der Waals surface area contributed by atoms with E-state index in [1.54, 1.807) is 36.4 Å². The Balaban J connectivity index is 1.82. The molecule has 3 aromatic carbocycles. The van der Waals surface area contributed by atoms with Crippen LogP contribution in [-0.4, -0.2) is 15.5 Å². The molecule has 0 saturated carbocycles. The smallest absolute Gasteiger partial charge is 0.270 e. The molecule has 150 valence electrons. The molecular formula is C23H17Cl2N3O2. The van der Waals surface area contributed by atoms with E-state index in [0.29, 0.717) is 33.2 Å². The van der Waals surface area contributed by atoms with Gasteiger partial charge in [0.25, 0.3) is 5.56 Å². The predicted molar refractivity (Wildman–Crippen MR) is 119 cm³/mol. The maximum Gasteiger partial charge on any atom is 0.270 e. The molecule has 0 aliphatic heterocycles. The first-order valence-electron chi connectivity index (χ1n) is 9.27. The average Bonchev–Trinajstić information content (AvgIpc) is 2.77. The number of hydrogen-bond acceptors (Lipinski definition) is 3. The molecule has 1 unspecified atom stereocenters. The second-order valence-electron chi connectivity index (χ2n) is 6.73. The standard InChI is InChI=1S/C23H17Cl2N3O2/c24-17-11-10-16(12-18(17)25)22(23(30)27-13-15-6-2-1-3-7-15)28-20-9-5-4-8-19(20)26-14-21(28)29/h1-12,14,22H,13H2,(H,27,30). The third kappa shape index (κ3) is 4.08. The topological polar surface area (TPSA) is 64.0 Å². The predicted octanol–water partition coefficient (Wildman–Crippen LogP) is 4.61. The lowest BCUT2D eigenvalue weighted by Gasteiger charge is -2.22. The Morgan fingerprint density at radius 1 is 0.967 bits per heavy atom. The van der Waals surface area contributed by atoms with Gasteiger partial charge in [0, 0.05) is 6.54 Å². The number of aromatic nitrogens is 2. The molecule has 0 saturated heterocycles. The lowest BCUT2D eigenvalue weighted by Crippen LogP contribution is -2.38. The Morgan fingerprint density at radius 3 is 2.47 bits per heavy atom. The molecule has 0 bridgehead atoms. The highest BCUT2D eigenvalue weighted by molar-refractivity contribution is 6.42. The summed E-state index contributed by atoms with van der Waals surface area (Å²) in [5, 5.41) is 3.60. The molecule has 7 heteroatoms. The Kier molecular flexibility index (Phi) is 5.84. The maximum atomic E-state index is 13.3. The molecule has 1 atom stereocenters. The van der Waals surface area contributed by atoms with Crippen molar-refractivity contribution in [1.29, 1.82) is 0 Å². The molecule has 0 spiro atoms. The highest BCUT2D eigenvalue weighted by Gasteiger charge is 2.26. The highest BCUT2D eigenvalue weighted by atomic mass is 35.5. The van der Waals surface area contributed by atoms with E-state index in [0.717, 1.165) is 5.56 Å². The average molecular weight is 438 g/mol. The van der Waals surface area contributed by atoms with Crippen LogP contribution >= 0.6 is 23.2 Å². The van der Waals surface area contributed by atoms with E-state index in [4.69, 9.17) is 23.2 Å². The van der Waals surface area contributed by atoms with E-state index < -0.39 is 6.04 Å². The molecule has 1 N–H and O–H groups in total. The van der Waals surface area contributed by atoms with Gasteiger partial charge in [-0.1, -0.05) is 71.7 Å². The maximum absolute atomic E-state index is 13.3. The van der Waals surface area contributed by atoms with Crippen LogP contribution in [0.5, 0.6) is 0 Å². The van der Waals surface area contributed by atoms with Crippen molar-refractivity contribution < 1.29 is 4.79 Å². The monoisotopic (exact) mass is 437 g/mol. The first kappa shape index (κ1) is 20.1. The lowest BCUT2D eigenvalue weighted by molar-refractivity contribution is -0.123. The second kappa shape index (κ2) is 8.69. The summed E-state index contributed by atoms with van der Waals surface area (Å²) in [4.78, 5) is 30.4. The van der Waals surface area contributed by atoms with Gasteiger partial charge < -0.3 is 5.32 Å². The zero-order valence-corrected chi connectivity index (χ0v) is 17.3. The Morgan fingerprint density at radius 2 is 1.70 bits per heavy atom. The Hall–Kier alpha value is -3.15. The molecule has 4 rings (SSSR count). The molecule has 1 aromatic heterocycles. The van der Waals surface area contributed by atoms with Crippen LogP contribution in [-0.2, 0) is 11.3 Å². The zero-order chi connectivity index (χ0) is 21.1. The molecule has 4 aromatic rings. The van der Waals surface area contributed by atoms with Gasteiger partial charge in [-0.15, -0.1) is 0 Å². The molecule has 0 aliphatic rings. The largest absolute Gasteiger partial charge is 0.350 e. The van der Waals surface area contributed by atoms with Gasteiger partial charge in [-0.2, -0.15) is 0 Å². The summed E-state index contributed by atoms with van der Waals surface area (Å²) in [6.45, 7) is 0.329. The molecule has 1 amide bonds. The van der Waals surface area contributed by atoms with Crippen molar-refractivity contribution in [1.82, 2.24) is 14.9 Å². The lowest BCUT2D eigenvalue weighted by atomic mass is 10.0. The molecule has 0 radical (unpaired) electrons. The number of halogens is 2. The number of para-hydroxylation sites is 2. The number of benzene rings is 3. The fourth-order valence-corrected chi connectivity index (χ4v) is 3.64. The summed E-state index contributed by atoms with van der Waals surface area (Å²) >= 11 is 12.3. The van der Waals surface area contributed by atoms with Crippen molar-refractivity contribution in [3.63, 3.8) is 0 Å². The van der Waals surface area contributed by atoms with Gasteiger partial charge in [0.1, 0.15) is 6.04 Å². The van der Waals surface area contributed by atoms with Crippen LogP contribution in [0.3, 0.4) is 0 Å². The van der Waals surface area contributed by atoms with Gasteiger partial charge in [-0.3, -0.25) is 14.2 Å². The van der Waals surface area contributed by atoms with Crippen molar-refractivity contribution in [2.45, 2.75) is 12.6 Å². The van der Waals surface area contributed by atoms with Crippen LogP contribution in [0.2, 0.25) is 10.0 Å². The number of carbonyl (C=O) groups excluding carboxylic acids is 1. The number of fused-ring (bicyclic) bond motifs is 1. The van der Waals surface area contributed by atoms with Gasteiger partial charge in [-0.05, 0) is 35.4 Å². The van der Waals surface area contributed by atoms with Crippen molar-refractivity contribution >= 4 is 40.1 Å². The fraction of sp³-hybridized carbons (Fsp3) is 0.0870. The van der Waals surface area contributed by atoms with E-state index in [1.165, 1.54) is 10.8 Å². The normalized spacial score (nSPS) is 11.9. The van der Waals surface area contributed by atoms with E-state index in [9.17, 15) is 9.59 Å². The van der Waals surface area contributed by atoms with Gasteiger partial charge >= 0.3 is 0 Å². The Bertz CT molecular complexity index is 1270. The van der Waals surface area contributed by atoms with Crippen LogP contribution in [0, 0.1) is 0 Å². The van der Waals surface area contributed by atoms with Crippen molar-refractivity contribution in [2.75, 3.05) is 0 Å². The zero-order valence-electron chi connectivity index (χ0n) is 15.8. The van der Waals surface area contributed by atoms with Gasteiger partial charge in [0.2, 0.25) is 5.91 Å². The van der Waals surface area contributed by atoms with Crippen LogP contribution in [0.25, 0.3) is 11.0 Å². The quantitative estimate of drug-likeness (QED) is 0.495. The number of nitrogens with zero attached hydrogens (tertiary/aromatic N) is 2. The summed E-state index contributed by atoms with van der Waals surface area (Å²) < 4.78 is 1.43. The summed E-state index contributed by atoms with van der Waals surface area (Å²) in [6.07, 6.45) is 1.22. The van der Waals surface area contributed by atoms with E-state index in [-0.39, 0.29) is 11.5 Å². The molecule has 5 nitrogen and oxygen atoms in total. The molecule has 30 heavy (non-hydrogen) atoms. The SMILES string of the molecule is O=C(NCc1ccccc1)C(c1ccc(Cl)c(Cl)c1)n1c(=O)cnc2ccccc21. The minimum Gasteiger partial charge on any atom is -0.350 e. The highest BCUT2D eigenvalue weighted by Crippen LogP contribution is 2.28. The van der Waals surface area contributed by atoms with E-state index >= 15 is 0 Å². The summed E-state index contributed by atoms with van der Waals surface area (Å²) in [6, 6.07) is 20.7. The second-order valence-corrected chi connectivity index (χ2v) is 7.55. The number of carbonyl (C=O) groups is 1. The molecule has 1 heterocycles. The summed E-state index contributed by atoms with van der Waals surface area (Å²) in [5.41, 5.74) is 2.27. The first-order chi connectivity index (χ1) is 14.5. The number of rotatable bonds is 5. The van der Waals surface area contributed by atoms with Crippen molar-refractivity contribution in [2.24, 2.45) is 0 Å². The van der Waals surface area contributed by atoms with Gasteiger partial charge in [0.15, 0.2) is 0 Å². The van der Waals surface area contributed by atoms with Crippen LogP contribution in [0.4, 0.5) is 0 Å². The fourth-order valence-electron chi connectivity index (χ4n) is 3.33. The molecule has 0 aliphatic carbocycles. The van der Waals surface area contributed by atoms with Crippen molar-refractivity contribution in [3.8, 4) is 0 Å². The van der Waals surface area contributed by atoms with E-state index in [2.05, 4.69) is 10.3 Å². The summed E-state index contributed by atoms with van der Waals surface area (Å²) in [5.74, 6) is -0.337. The number of nitrogens with one attached hydrogen (secondary N) is 1. The Labute approximate surface area is 182 Å².